The Bertz CT molecular complexity index is 992. The number of pyridine rings is 1. The summed E-state index contributed by atoms with van der Waals surface area (Å²) in [5.41, 5.74) is 0.406. The third-order valence-corrected chi connectivity index (χ3v) is 7.08. The van der Waals surface area contributed by atoms with Crippen LogP contribution in [-0.4, -0.2) is 59.4 Å². The van der Waals surface area contributed by atoms with Gasteiger partial charge in [0, 0.05) is 43.1 Å². The van der Waals surface area contributed by atoms with E-state index in [4.69, 9.17) is 11.6 Å². The van der Waals surface area contributed by atoms with E-state index in [1.54, 1.807) is 17.5 Å². The molecule has 0 radical (unpaired) electrons. The van der Waals surface area contributed by atoms with Crippen molar-refractivity contribution in [2.45, 2.75) is 37.4 Å². The van der Waals surface area contributed by atoms with Crippen LogP contribution in [0.15, 0.2) is 42.6 Å². The number of hydrogen-bond donors (Lipinski definition) is 3. The van der Waals surface area contributed by atoms with Gasteiger partial charge in [-0.15, -0.1) is 0 Å². The molecule has 3 heterocycles. The lowest BCUT2D eigenvalue weighted by atomic mass is 10.0. The summed E-state index contributed by atoms with van der Waals surface area (Å²) in [6.07, 6.45) is 3.75. The highest BCUT2D eigenvalue weighted by molar-refractivity contribution is 7.95. The predicted molar refractivity (Wildman–Crippen MR) is 128 cm³/mol. The van der Waals surface area contributed by atoms with Gasteiger partial charge in [-0.05, 0) is 56.6 Å². The van der Waals surface area contributed by atoms with E-state index in [2.05, 4.69) is 25.2 Å². The van der Waals surface area contributed by atoms with Crippen LogP contribution in [0.1, 0.15) is 19.3 Å². The molecule has 11 heteroatoms. The van der Waals surface area contributed by atoms with Gasteiger partial charge in [0.15, 0.2) is 0 Å². The molecule has 8 nitrogen and oxygen atoms in total. The Labute approximate surface area is 201 Å². The van der Waals surface area contributed by atoms with Gasteiger partial charge in [0.25, 0.3) is 0 Å². The first kappa shape index (κ1) is 23.7. The summed E-state index contributed by atoms with van der Waals surface area (Å²) >= 11 is 7.03. The first-order valence-electron chi connectivity index (χ1n) is 10.8. The predicted octanol–water partition coefficient (Wildman–Crippen LogP) is 2.82. The number of nitrogens with one attached hydrogen (secondary N) is 3. The number of rotatable bonds is 5. The second-order valence-corrected chi connectivity index (χ2v) is 9.54. The summed E-state index contributed by atoms with van der Waals surface area (Å²) in [5, 5.41) is 5.82. The summed E-state index contributed by atoms with van der Waals surface area (Å²) in [6.45, 7) is 1.64. The van der Waals surface area contributed by atoms with Gasteiger partial charge in [0.05, 0.1) is 11.1 Å². The number of benzene rings is 1. The number of carbonyl (C=O) groups excluding carboxylic acids is 2. The van der Waals surface area contributed by atoms with Crippen LogP contribution in [0.5, 0.6) is 0 Å². The second-order valence-electron chi connectivity index (χ2n) is 8.14. The van der Waals surface area contributed by atoms with Crippen molar-refractivity contribution in [3.63, 3.8) is 0 Å². The van der Waals surface area contributed by atoms with Crippen molar-refractivity contribution in [2.24, 2.45) is 0 Å². The van der Waals surface area contributed by atoms with Crippen LogP contribution in [0.25, 0.3) is 0 Å². The maximum atomic E-state index is 13.4. The van der Waals surface area contributed by atoms with Crippen molar-refractivity contribution < 1.29 is 14.0 Å². The fourth-order valence-electron chi connectivity index (χ4n) is 3.96. The van der Waals surface area contributed by atoms with E-state index in [0.29, 0.717) is 12.1 Å². The summed E-state index contributed by atoms with van der Waals surface area (Å²) in [6, 6.07) is 8.91. The molecule has 2 aromatic rings. The van der Waals surface area contributed by atoms with Crippen molar-refractivity contribution >= 4 is 47.1 Å². The minimum atomic E-state index is -0.549. The zero-order chi connectivity index (χ0) is 23.4. The highest BCUT2D eigenvalue weighted by atomic mass is 35.5. The van der Waals surface area contributed by atoms with Gasteiger partial charge in [0.2, 0.25) is 11.8 Å². The molecule has 2 amide bonds. The SMILES string of the molecule is CN1SNC(C(=O)NC2CCN(c3ccccn3)CC2)CC1C(=O)Nc1ccc(F)c(Cl)c1. The molecule has 2 atom stereocenters. The van der Waals surface area contributed by atoms with Crippen molar-refractivity contribution in [3.05, 3.63) is 53.4 Å². The van der Waals surface area contributed by atoms with E-state index >= 15 is 0 Å². The molecule has 1 aromatic carbocycles. The Morgan fingerprint density at radius 3 is 2.70 bits per heavy atom. The lowest BCUT2D eigenvalue weighted by Crippen LogP contribution is -2.56. The van der Waals surface area contributed by atoms with Crippen molar-refractivity contribution in [1.29, 1.82) is 0 Å². The maximum Gasteiger partial charge on any atom is 0.242 e. The molecule has 0 aliphatic carbocycles. The smallest absolute Gasteiger partial charge is 0.242 e. The van der Waals surface area contributed by atoms with E-state index < -0.39 is 17.9 Å². The molecule has 0 saturated carbocycles. The van der Waals surface area contributed by atoms with Gasteiger partial charge in [-0.3, -0.25) is 9.59 Å². The minimum Gasteiger partial charge on any atom is -0.356 e. The second kappa shape index (κ2) is 10.7. The van der Waals surface area contributed by atoms with Gasteiger partial charge in [0.1, 0.15) is 17.7 Å². The Hall–Kier alpha value is -2.40. The van der Waals surface area contributed by atoms with Gasteiger partial charge in [-0.2, -0.15) is 0 Å². The van der Waals surface area contributed by atoms with E-state index in [9.17, 15) is 14.0 Å². The highest BCUT2D eigenvalue weighted by Crippen LogP contribution is 2.25. The lowest BCUT2D eigenvalue weighted by Gasteiger charge is -2.37. The van der Waals surface area contributed by atoms with E-state index in [1.165, 1.54) is 30.3 Å². The number of likely N-dealkylation sites (N-methyl/N-ethyl adjacent to an activating group) is 1. The van der Waals surface area contributed by atoms with Gasteiger partial charge in [-0.1, -0.05) is 17.7 Å². The molecular formula is C22H26ClFN6O2S. The monoisotopic (exact) mass is 492 g/mol. The van der Waals surface area contributed by atoms with Crippen LogP contribution in [0.2, 0.25) is 5.02 Å². The number of halogens is 2. The fraction of sp³-hybridized carbons (Fsp3) is 0.409. The van der Waals surface area contributed by atoms with Gasteiger partial charge >= 0.3 is 0 Å². The molecule has 33 heavy (non-hydrogen) atoms. The zero-order valence-corrected chi connectivity index (χ0v) is 19.7. The number of piperidine rings is 1. The van der Waals surface area contributed by atoms with Gasteiger partial charge < -0.3 is 15.5 Å². The third-order valence-electron chi connectivity index (χ3n) is 5.86. The number of aromatic nitrogens is 1. The van der Waals surface area contributed by atoms with E-state index in [-0.39, 0.29) is 22.9 Å². The molecule has 4 rings (SSSR count). The van der Waals surface area contributed by atoms with Crippen molar-refractivity contribution in [1.82, 2.24) is 19.3 Å². The summed E-state index contributed by atoms with van der Waals surface area (Å²) in [5.74, 6) is 0.00363. The molecule has 2 fully saturated rings. The number of nitrogens with zero attached hydrogens (tertiary/aromatic N) is 3. The van der Waals surface area contributed by atoms with Crippen molar-refractivity contribution in [2.75, 3.05) is 30.4 Å². The average molecular weight is 493 g/mol. The van der Waals surface area contributed by atoms with Crippen LogP contribution >= 0.6 is 23.7 Å². The first-order chi connectivity index (χ1) is 15.9. The average Bonchev–Trinajstić information content (AvgIpc) is 2.82. The molecule has 0 bridgehead atoms. The number of hydrogen-bond acceptors (Lipinski definition) is 7. The van der Waals surface area contributed by atoms with Crippen LogP contribution in [0, 0.1) is 5.82 Å². The number of anilines is 2. The molecule has 3 N–H and O–H groups in total. The molecule has 2 saturated heterocycles. The fourth-order valence-corrected chi connectivity index (χ4v) is 4.94. The van der Waals surface area contributed by atoms with Crippen molar-refractivity contribution in [3.8, 4) is 0 Å². The van der Waals surface area contributed by atoms with Gasteiger partial charge in [-0.25, -0.2) is 18.4 Å². The largest absolute Gasteiger partial charge is 0.356 e. The molecule has 176 valence electrons. The number of amides is 2. The molecular weight excluding hydrogens is 467 g/mol. The van der Waals surface area contributed by atoms with Crippen LogP contribution in [0.3, 0.4) is 0 Å². The van der Waals surface area contributed by atoms with E-state index in [1.807, 2.05) is 18.2 Å². The normalized spacial score (nSPS) is 22.1. The minimum absolute atomic E-state index is 0.0628. The summed E-state index contributed by atoms with van der Waals surface area (Å²) < 4.78 is 18.3. The van der Waals surface area contributed by atoms with Crippen LogP contribution in [0.4, 0.5) is 15.9 Å². The zero-order valence-electron chi connectivity index (χ0n) is 18.1. The standard InChI is InChI=1S/C22H26ClFN6O2S/c1-29-19(22(32)27-15-5-6-17(24)16(23)12-15)13-18(28-33-29)21(31)26-14-7-10-30(11-8-14)20-4-2-3-9-25-20/h2-6,9,12,14,18-19,28H,7-8,10-11,13H2,1H3,(H,26,31)(H,27,32). The summed E-state index contributed by atoms with van der Waals surface area (Å²) in [7, 11) is 1.78. The quantitative estimate of drug-likeness (QED) is 0.553. The topological polar surface area (TPSA) is 89.6 Å². The number of carbonyl (C=O) groups is 2. The molecule has 2 unspecified atom stereocenters. The first-order valence-corrected chi connectivity index (χ1v) is 11.9. The van der Waals surface area contributed by atoms with Crippen LogP contribution < -0.4 is 20.3 Å². The van der Waals surface area contributed by atoms with E-state index in [0.717, 1.165) is 31.7 Å². The maximum absolute atomic E-state index is 13.4. The molecule has 2 aliphatic rings. The Kier molecular flexibility index (Phi) is 7.69. The van der Waals surface area contributed by atoms with Crippen LogP contribution in [-0.2, 0) is 9.59 Å². The Balaban J connectivity index is 1.29. The lowest BCUT2D eigenvalue weighted by molar-refractivity contribution is -0.125. The Morgan fingerprint density at radius 1 is 1.21 bits per heavy atom. The summed E-state index contributed by atoms with van der Waals surface area (Å²) in [4.78, 5) is 32.3. The third kappa shape index (κ3) is 5.94. The molecule has 2 aliphatic heterocycles. The molecule has 0 spiro atoms. The Morgan fingerprint density at radius 2 is 2.00 bits per heavy atom. The highest BCUT2D eigenvalue weighted by Gasteiger charge is 2.36. The molecule has 1 aromatic heterocycles.